The molecule has 6 nitrogen and oxygen atoms in total. The van der Waals surface area contributed by atoms with Gasteiger partial charge in [-0.3, -0.25) is 4.79 Å². The summed E-state index contributed by atoms with van der Waals surface area (Å²) >= 11 is 0.630. The third-order valence-corrected chi connectivity index (χ3v) is 4.98. The van der Waals surface area contributed by atoms with Gasteiger partial charge in [-0.2, -0.15) is 0 Å². The standard InChI is InChI=1S/C17H24BNO4.FN.W/c1-16(2)17(3,4)23-18(22-16)14-7-5-13(6-8-14)15(20)19-9-11-21-12-10-19;1-2;/h5-8H,9-12H2,1-4H3;;. The van der Waals surface area contributed by atoms with Gasteiger partial charge in [-0.15, -0.1) is 0 Å². The third kappa shape index (κ3) is 4.86. The molecule has 2 heterocycles. The van der Waals surface area contributed by atoms with Crippen LogP contribution in [0.15, 0.2) is 28.0 Å². The summed E-state index contributed by atoms with van der Waals surface area (Å²) in [5, 5.41) is 0. The zero-order chi connectivity index (χ0) is 19.4. The Hall–Kier alpha value is -0.947. The van der Waals surface area contributed by atoms with E-state index in [0.29, 0.717) is 51.5 Å². The van der Waals surface area contributed by atoms with Crippen molar-refractivity contribution < 1.29 is 43.0 Å². The van der Waals surface area contributed by atoms with E-state index in [2.05, 4.69) is 3.72 Å². The first-order valence-corrected chi connectivity index (χ1v) is 9.79. The second-order valence-corrected chi connectivity index (χ2v) is 7.68. The zero-order valence-corrected chi connectivity index (χ0v) is 18.5. The molecule has 0 atom stereocenters. The van der Waals surface area contributed by atoms with Crippen molar-refractivity contribution in [3.8, 4) is 0 Å². The Morgan fingerprint density at radius 3 is 2.04 bits per heavy atom. The summed E-state index contributed by atoms with van der Waals surface area (Å²) in [4.78, 5) is 14.3. The molecule has 26 heavy (non-hydrogen) atoms. The van der Waals surface area contributed by atoms with Crippen LogP contribution < -0.4 is 5.46 Å². The van der Waals surface area contributed by atoms with E-state index in [0.717, 1.165) is 5.46 Å². The summed E-state index contributed by atoms with van der Waals surface area (Å²) in [6, 6.07) is 7.52. The first-order valence-electron chi connectivity index (χ1n) is 8.48. The van der Waals surface area contributed by atoms with Crippen LogP contribution in [0.5, 0.6) is 0 Å². The molecule has 0 radical (unpaired) electrons. The van der Waals surface area contributed by atoms with E-state index >= 15 is 0 Å². The SMILES string of the molecule is CC1(C)OB(c2ccc(C(=O)N3CCOCC3)cc2)OC1(C)C.F[N]=[W]. The molecule has 2 aliphatic heterocycles. The van der Waals surface area contributed by atoms with Crippen LogP contribution in [0.3, 0.4) is 0 Å². The second-order valence-electron chi connectivity index (χ2n) is 7.18. The molecular formula is C17H24BFN2O4W. The van der Waals surface area contributed by atoms with Crippen molar-refractivity contribution in [3.05, 3.63) is 29.8 Å². The quantitative estimate of drug-likeness (QED) is 0.546. The molecule has 0 aromatic heterocycles. The number of amides is 1. The number of benzene rings is 1. The summed E-state index contributed by atoms with van der Waals surface area (Å²) in [7, 11) is -0.396. The topological polar surface area (TPSA) is 60.4 Å². The Balaban J connectivity index is 0.000000758. The van der Waals surface area contributed by atoms with E-state index in [-0.39, 0.29) is 17.1 Å². The Bertz CT molecular complexity index is 620. The fourth-order valence-electron chi connectivity index (χ4n) is 2.71. The van der Waals surface area contributed by atoms with E-state index in [1.807, 2.05) is 56.9 Å². The molecular weight excluding hydrogens is 510 g/mol. The number of morpholine rings is 1. The molecule has 0 spiro atoms. The first-order chi connectivity index (χ1) is 12.2. The average molecular weight is 534 g/mol. The van der Waals surface area contributed by atoms with Gasteiger partial charge in [0.2, 0.25) is 0 Å². The average Bonchev–Trinajstić information content (AvgIpc) is 2.84. The number of carbonyl (C=O) groups excluding carboxylic acids is 1. The van der Waals surface area contributed by atoms with Gasteiger partial charge in [0, 0.05) is 18.7 Å². The predicted octanol–water partition coefficient (Wildman–Crippen LogP) is 2.06. The number of hydrogen-bond acceptors (Lipinski definition) is 5. The summed E-state index contributed by atoms with van der Waals surface area (Å²) in [5.74, 6) is 0.0498. The summed E-state index contributed by atoms with van der Waals surface area (Å²) < 4.78 is 29.4. The monoisotopic (exact) mass is 534 g/mol. The molecule has 2 saturated heterocycles. The molecule has 0 saturated carbocycles. The predicted molar refractivity (Wildman–Crippen MR) is 92.4 cm³/mol. The normalized spacial score (nSPS) is 21.0. The van der Waals surface area contributed by atoms with E-state index in [9.17, 15) is 9.28 Å². The molecule has 1 amide bonds. The molecule has 0 aliphatic carbocycles. The second kappa shape index (κ2) is 8.83. The summed E-state index contributed by atoms with van der Waals surface area (Å²) in [6.07, 6.45) is 0. The number of ether oxygens (including phenoxy) is 1. The van der Waals surface area contributed by atoms with Crippen molar-refractivity contribution in [1.82, 2.24) is 4.90 Å². The summed E-state index contributed by atoms with van der Waals surface area (Å²) in [6.45, 7) is 10.6. The minimum atomic E-state index is -0.396. The molecule has 0 unspecified atom stereocenters. The van der Waals surface area contributed by atoms with Gasteiger partial charge in [0.05, 0.1) is 24.4 Å². The Labute approximate surface area is 165 Å². The summed E-state index contributed by atoms with van der Waals surface area (Å²) in [5.41, 5.74) is 0.897. The van der Waals surface area contributed by atoms with Crippen LogP contribution >= 0.6 is 0 Å². The molecule has 2 fully saturated rings. The maximum atomic E-state index is 12.4. The number of rotatable bonds is 2. The van der Waals surface area contributed by atoms with Gasteiger partial charge in [0.1, 0.15) is 0 Å². The van der Waals surface area contributed by atoms with Gasteiger partial charge in [0.15, 0.2) is 0 Å². The van der Waals surface area contributed by atoms with E-state index in [1.165, 1.54) is 0 Å². The Kier molecular flexibility index (Phi) is 7.25. The van der Waals surface area contributed by atoms with Crippen LogP contribution in [-0.2, 0) is 33.7 Å². The van der Waals surface area contributed by atoms with Crippen LogP contribution in [0.1, 0.15) is 38.1 Å². The van der Waals surface area contributed by atoms with Crippen molar-refractivity contribution in [2.45, 2.75) is 38.9 Å². The molecule has 0 N–H and O–H groups in total. The van der Waals surface area contributed by atoms with Gasteiger partial charge >= 0.3 is 34.9 Å². The van der Waals surface area contributed by atoms with Gasteiger partial charge in [-0.1, -0.05) is 12.1 Å². The minimum absolute atomic E-state index is 0.0498. The number of halogens is 1. The third-order valence-electron chi connectivity index (χ3n) is 4.98. The maximum absolute atomic E-state index is 12.4. The van der Waals surface area contributed by atoms with Gasteiger partial charge in [-0.05, 0) is 45.3 Å². The van der Waals surface area contributed by atoms with Gasteiger partial charge < -0.3 is 18.9 Å². The van der Waals surface area contributed by atoms with Crippen LogP contribution in [0.4, 0.5) is 4.48 Å². The molecule has 1 aromatic carbocycles. The van der Waals surface area contributed by atoms with Crippen LogP contribution in [0.25, 0.3) is 0 Å². The van der Waals surface area contributed by atoms with E-state index < -0.39 is 7.12 Å². The first kappa shape index (κ1) is 21.4. The van der Waals surface area contributed by atoms with Crippen molar-refractivity contribution in [2.75, 3.05) is 26.3 Å². The van der Waals surface area contributed by atoms with Crippen LogP contribution in [-0.4, -0.2) is 55.4 Å². The van der Waals surface area contributed by atoms with Gasteiger partial charge in [-0.25, -0.2) is 0 Å². The molecule has 142 valence electrons. The zero-order valence-electron chi connectivity index (χ0n) is 15.5. The van der Waals surface area contributed by atoms with Gasteiger partial charge in [0.25, 0.3) is 5.91 Å². The fourth-order valence-corrected chi connectivity index (χ4v) is 2.71. The molecule has 9 heteroatoms. The molecule has 3 rings (SSSR count). The Morgan fingerprint density at radius 2 is 1.58 bits per heavy atom. The van der Waals surface area contributed by atoms with Crippen molar-refractivity contribution in [1.29, 1.82) is 0 Å². The van der Waals surface area contributed by atoms with Crippen LogP contribution in [0, 0.1) is 0 Å². The van der Waals surface area contributed by atoms with Crippen molar-refractivity contribution in [3.63, 3.8) is 0 Å². The fraction of sp³-hybridized carbons (Fsp3) is 0.588. The number of hydrogen-bond donors (Lipinski definition) is 0. The van der Waals surface area contributed by atoms with Crippen LogP contribution in [0.2, 0.25) is 0 Å². The van der Waals surface area contributed by atoms with E-state index in [4.69, 9.17) is 14.0 Å². The molecule has 2 aliphatic rings. The molecule has 0 bridgehead atoms. The molecule has 1 aromatic rings. The van der Waals surface area contributed by atoms with E-state index in [1.54, 1.807) is 0 Å². The van der Waals surface area contributed by atoms with Crippen molar-refractivity contribution >= 4 is 18.5 Å². The number of nitrogens with zero attached hydrogens (tertiary/aromatic N) is 2. The number of carbonyl (C=O) groups is 1. The van der Waals surface area contributed by atoms with Crippen molar-refractivity contribution in [2.24, 2.45) is 3.72 Å². The Morgan fingerprint density at radius 1 is 1.12 bits per heavy atom.